The molecule has 2 rings (SSSR count). The van der Waals surface area contributed by atoms with Gasteiger partial charge in [-0.15, -0.1) is 0 Å². The first-order chi connectivity index (χ1) is 9.19. The van der Waals surface area contributed by atoms with Crippen LogP contribution in [-0.4, -0.2) is 17.0 Å². The van der Waals surface area contributed by atoms with Crippen molar-refractivity contribution in [3.8, 4) is 0 Å². The lowest BCUT2D eigenvalue weighted by Crippen LogP contribution is -2.11. The smallest absolute Gasteiger partial charge is 0.144 e. The van der Waals surface area contributed by atoms with Crippen LogP contribution in [0.25, 0.3) is 0 Å². The van der Waals surface area contributed by atoms with Crippen molar-refractivity contribution < 1.29 is 8.78 Å². The second-order valence-electron chi connectivity index (χ2n) is 3.98. The predicted molar refractivity (Wildman–Crippen MR) is 68.5 cm³/mol. The Balaban J connectivity index is 2.03. The van der Waals surface area contributed by atoms with Crippen molar-refractivity contribution in [2.75, 3.05) is 12.4 Å². The molecule has 1 aromatic carbocycles. The summed E-state index contributed by atoms with van der Waals surface area (Å²) in [5, 5.41) is 5.92. The van der Waals surface area contributed by atoms with Crippen LogP contribution in [0.1, 0.15) is 11.4 Å². The molecule has 4 nitrogen and oxygen atoms in total. The second kappa shape index (κ2) is 6.19. The molecule has 100 valence electrons. The van der Waals surface area contributed by atoms with Crippen LogP contribution in [0.15, 0.2) is 30.5 Å². The minimum Gasteiger partial charge on any atom is -0.366 e. The summed E-state index contributed by atoms with van der Waals surface area (Å²) < 4.78 is 26.2. The van der Waals surface area contributed by atoms with Crippen LogP contribution in [0.2, 0.25) is 0 Å². The normalized spacial score (nSPS) is 10.5. The third kappa shape index (κ3) is 3.69. The zero-order valence-corrected chi connectivity index (χ0v) is 10.5. The molecule has 0 aliphatic heterocycles. The number of hydrogen-bond acceptors (Lipinski definition) is 4. The van der Waals surface area contributed by atoms with E-state index in [1.165, 1.54) is 12.1 Å². The third-order valence-electron chi connectivity index (χ3n) is 2.52. The summed E-state index contributed by atoms with van der Waals surface area (Å²) in [6.45, 7) is 0.794. The first kappa shape index (κ1) is 13.4. The summed E-state index contributed by atoms with van der Waals surface area (Å²) in [5.41, 5.74) is 0.384. The summed E-state index contributed by atoms with van der Waals surface area (Å²) in [4.78, 5) is 8.32. The third-order valence-corrected chi connectivity index (χ3v) is 2.52. The lowest BCUT2D eigenvalue weighted by Gasteiger charge is -2.07. The maximum atomic E-state index is 13.4. The molecular formula is C13H14F2N4. The van der Waals surface area contributed by atoms with Crippen molar-refractivity contribution in [1.82, 2.24) is 15.3 Å². The quantitative estimate of drug-likeness (QED) is 0.868. The second-order valence-corrected chi connectivity index (χ2v) is 3.98. The monoisotopic (exact) mass is 264 g/mol. The summed E-state index contributed by atoms with van der Waals surface area (Å²) in [6.07, 6.45) is 1.63. The molecule has 0 amide bonds. The van der Waals surface area contributed by atoms with E-state index in [9.17, 15) is 8.78 Å². The highest BCUT2D eigenvalue weighted by Gasteiger charge is 2.04. The van der Waals surface area contributed by atoms with E-state index in [0.717, 1.165) is 6.07 Å². The van der Waals surface area contributed by atoms with Gasteiger partial charge in [0, 0.05) is 24.4 Å². The zero-order chi connectivity index (χ0) is 13.7. The average molecular weight is 264 g/mol. The molecule has 0 aliphatic carbocycles. The molecule has 2 aromatic rings. The van der Waals surface area contributed by atoms with Crippen LogP contribution in [0.5, 0.6) is 0 Å². The highest BCUT2D eigenvalue weighted by molar-refractivity contribution is 5.34. The van der Waals surface area contributed by atoms with Crippen LogP contribution < -0.4 is 10.6 Å². The first-order valence-electron chi connectivity index (χ1n) is 5.83. The number of rotatable bonds is 5. The summed E-state index contributed by atoms with van der Waals surface area (Å²) >= 11 is 0. The Morgan fingerprint density at radius 2 is 2.00 bits per heavy atom. The van der Waals surface area contributed by atoms with Gasteiger partial charge in [-0.25, -0.2) is 18.7 Å². The Hall–Kier alpha value is -2.08. The molecule has 19 heavy (non-hydrogen) atoms. The highest BCUT2D eigenvalue weighted by atomic mass is 19.1. The molecule has 0 saturated heterocycles. The van der Waals surface area contributed by atoms with Crippen molar-refractivity contribution in [2.24, 2.45) is 0 Å². The number of nitrogens with one attached hydrogen (secondary N) is 2. The van der Waals surface area contributed by atoms with Crippen molar-refractivity contribution >= 4 is 5.82 Å². The largest absolute Gasteiger partial charge is 0.366 e. The Kier molecular flexibility index (Phi) is 4.35. The van der Waals surface area contributed by atoms with E-state index in [2.05, 4.69) is 20.6 Å². The van der Waals surface area contributed by atoms with E-state index in [1.54, 1.807) is 19.3 Å². The number of benzene rings is 1. The van der Waals surface area contributed by atoms with Crippen LogP contribution in [-0.2, 0) is 13.1 Å². The predicted octanol–water partition coefficient (Wildman–Crippen LogP) is 2.09. The van der Waals surface area contributed by atoms with Gasteiger partial charge in [0.2, 0.25) is 0 Å². The van der Waals surface area contributed by atoms with Gasteiger partial charge in [-0.2, -0.15) is 0 Å². The fraction of sp³-hybridized carbons (Fsp3) is 0.231. The summed E-state index contributed by atoms with van der Waals surface area (Å²) in [5.74, 6) is 0.0904. The fourth-order valence-corrected chi connectivity index (χ4v) is 1.59. The molecule has 0 bridgehead atoms. The zero-order valence-electron chi connectivity index (χ0n) is 10.5. The minimum absolute atomic E-state index is 0.238. The maximum Gasteiger partial charge on any atom is 0.144 e. The standard InChI is InChI=1S/C13H14F2N4/c1-16-8-13-17-5-4-12(19-13)18-7-9-2-3-10(14)6-11(9)15/h2-6,16H,7-8H2,1H3,(H,17,18,19). The number of nitrogens with zero attached hydrogens (tertiary/aromatic N) is 2. The van der Waals surface area contributed by atoms with Crippen LogP contribution in [0.3, 0.4) is 0 Å². The van der Waals surface area contributed by atoms with Gasteiger partial charge in [0.15, 0.2) is 0 Å². The van der Waals surface area contributed by atoms with E-state index in [0.29, 0.717) is 23.8 Å². The molecule has 0 saturated carbocycles. The van der Waals surface area contributed by atoms with E-state index in [4.69, 9.17) is 0 Å². The van der Waals surface area contributed by atoms with Gasteiger partial charge in [-0.1, -0.05) is 6.07 Å². The Morgan fingerprint density at radius 3 is 2.74 bits per heavy atom. The molecule has 1 aromatic heterocycles. The van der Waals surface area contributed by atoms with Crippen LogP contribution in [0, 0.1) is 11.6 Å². The SMILES string of the molecule is CNCc1nccc(NCc2ccc(F)cc2F)n1. The number of hydrogen-bond donors (Lipinski definition) is 2. The molecular weight excluding hydrogens is 250 g/mol. The molecule has 1 heterocycles. The molecule has 0 spiro atoms. The topological polar surface area (TPSA) is 49.8 Å². The molecule has 0 aliphatic rings. The van der Waals surface area contributed by atoms with Gasteiger partial charge in [0.05, 0.1) is 6.54 Å². The van der Waals surface area contributed by atoms with Crippen molar-refractivity contribution in [2.45, 2.75) is 13.1 Å². The van der Waals surface area contributed by atoms with Crippen molar-refractivity contribution in [3.05, 3.63) is 53.5 Å². The van der Waals surface area contributed by atoms with Gasteiger partial charge in [-0.05, 0) is 19.2 Å². The van der Waals surface area contributed by atoms with E-state index in [1.807, 2.05) is 0 Å². The van der Waals surface area contributed by atoms with E-state index in [-0.39, 0.29) is 6.54 Å². The van der Waals surface area contributed by atoms with Gasteiger partial charge in [-0.3, -0.25) is 0 Å². The Morgan fingerprint density at radius 1 is 1.16 bits per heavy atom. The molecule has 0 fully saturated rings. The first-order valence-corrected chi connectivity index (χ1v) is 5.83. The molecule has 2 N–H and O–H groups in total. The molecule has 6 heteroatoms. The van der Waals surface area contributed by atoms with Gasteiger partial charge in [0.25, 0.3) is 0 Å². The fourth-order valence-electron chi connectivity index (χ4n) is 1.59. The Labute approximate surface area is 109 Å². The van der Waals surface area contributed by atoms with E-state index >= 15 is 0 Å². The van der Waals surface area contributed by atoms with Gasteiger partial charge < -0.3 is 10.6 Å². The minimum atomic E-state index is -0.584. The molecule has 0 atom stereocenters. The molecule has 0 radical (unpaired) electrons. The van der Waals surface area contributed by atoms with Crippen molar-refractivity contribution in [3.63, 3.8) is 0 Å². The van der Waals surface area contributed by atoms with Crippen LogP contribution in [0.4, 0.5) is 14.6 Å². The number of anilines is 1. The van der Waals surface area contributed by atoms with Crippen LogP contribution >= 0.6 is 0 Å². The summed E-state index contributed by atoms with van der Waals surface area (Å²) in [7, 11) is 1.80. The number of aromatic nitrogens is 2. The Bertz CT molecular complexity index is 560. The highest BCUT2D eigenvalue weighted by Crippen LogP contribution is 2.11. The average Bonchev–Trinajstić information content (AvgIpc) is 2.38. The molecule has 0 unspecified atom stereocenters. The summed E-state index contributed by atoms with van der Waals surface area (Å²) in [6, 6.07) is 5.20. The van der Waals surface area contributed by atoms with Gasteiger partial charge in [0.1, 0.15) is 23.3 Å². The lowest BCUT2D eigenvalue weighted by molar-refractivity contribution is 0.574. The number of halogens is 2. The van der Waals surface area contributed by atoms with Crippen molar-refractivity contribution in [1.29, 1.82) is 0 Å². The maximum absolute atomic E-state index is 13.4. The van der Waals surface area contributed by atoms with Gasteiger partial charge >= 0.3 is 0 Å². The lowest BCUT2D eigenvalue weighted by atomic mass is 10.2. The van der Waals surface area contributed by atoms with E-state index < -0.39 is 11.6 Å².